The monoisotopic (exact) mass is 267 g/mol. The molecule has 0 unspecified atom stereocenters. The van der Waals surface area contributed by atoms with E-state index in [-0.39, 0.29) is 12.4 Å². The minimum absolute atomic E-state index is 0. The average Bonchev–Trinajstić information content (AvgIpc) is 2.24. The molecule has 5 heteroatoms. The summed E-state index contributed by atoms with van der Waals surface area (Å²) < 4.78 is 37.2. The van der Waals surface area contributed by atoms with Crippen molar-refractivity contribution < 1.29 is 13.2 Å². The normalized spacial score (nSPS) is 11.1. The standard InChI is InChI=1S/C12H16F3N.ClH/c1-2-3-7-16-9-10-5-4-6-11(8-10)12(13,14)15;/h4-6,8,16H,2-3,7,9H2,1H3;1H. The molecular formula is C12H17ClF3N. The topological polar surface area (TPSA) is 12.0 Å². The van der Waals surface area contributed by atoms with Gasteiger partial charge in [0.2, 0.25) is 0 Å². The SMILES string of the molecule is CCCCNCc1cccc(C(F)(F)F)c1.Cl. The van der Waals surface area contributed by atoms with Crippen LogP contribution < -0.4 is 5.32 Å². The molecule has 0 aliphatic heterocycles. The second-order valence-electron chi connectivity index (χ2n) is 3.73. The maximum atomic E-state index is 12.4. The first kappa shape index (κ1) is 16.3. The zero-order chi connectivity index (χ0) is 12.0. The molecule has 0 amide bonds. The van der Waals surface area contributed by atoms with Crippen molar-refractivity contribution in [1.29, 1.82) is 0 Å². The van der Waals surface area contributed by atoms with E-state index >= 15 is 0 Å². The summed E-state index contributed by atoms with van der Waals surface area (Å²) in [6, 6.07) is 5.43. The van der Waals surface area contributed by atoms with Gasteiger partial charge >= 0.3 is 6.18 Å². The van der Waals surface area contributed by atoms with Crippen molar-refractivity contribution in [2.45, 2.75) is 32.5 Å². The van der Waals surface area contributed by atoms with Gasteiger partial charge in [-0.3, -0.25) is 0 Å². The molecule has 1 nitrogen and oxygen atoms in total. The maximum absolute atomic E-state index is 12.4. The summed E-state index contributed by atoms with van der Waals surface area (Å²) in [5, 5.41) is 3.11. The van der Waals surface area contributed by atoms with Crippen LogP contribution in [0.15, 0.2) is 24.3 Å². The third-order valence-electron chi connectivity index (χ3n) is 2.29. The van der Waals surface area contributed by atoms with Gasteiger partial charge in [0.1, 0.15) is 0 Å². The average molecular weight is 268 g/mol. The molecule has 1 rings (SSSR count). The van der Waals surface area contributed by atoms with E-state index in [1.165, 1.54) is 12.1 Å². The van der Waals surface area contributed by atoms with Crippen LogP contribution in [0, 0.1) is 0 Å². The lowest BCUT2D eigenvalue weighted by Crippen LogP contribution is -2.15. The number of alkyl halides is 3. The van der Waals surface area contributed by atoms with Crippen molar-refractivity contribution in [1.82, 2.24) is 5.32 Å². The van der Waals surface area contributed by atoms with Gasteiger partial charge in [0.05, 0.1) is 5.56 Å². The molecule has 0 aliphatic carbocycles. The fourth-order valence-corrected chi connectivity index (χ4v) is 1.39. The molecule has 0 aromatic heterocycles. The molecule has 0 heterocycles. The highest BCUT2D eigenvalue weighted by molar-refractivity contribution is 5.85. The number of unbranched alkanes of at least 4 members (excludes halogenated alkanes) is 1. The zero-order valence-electron chi connectivity index (χ0n) is 9.68. The van der Waals surface area contributed by atoms with Gasteiger partial charge in [0, 0.05) is 6.54 Å². The van der Waals surface area contributed by atoms with Crippen molar-refractivity contribution in [3.05, 3.63) is 35.4 Å². The van der Waals surface area contributed by atoms with Crippen LogP contribution in [0.5, 0.6) is 0 Å². The Morgan fingerprint density at radius 3 is 2.53 bits per heavy atom. The molecule has 0 atom stereocenters. The van der Waals surface area contributed by atoms with Gasteiger partial charge in [-0.25, -0.2) is 0 Å². The van der Waals surface area contributed by atoms with E-state index in [1.54, 1.807) is 6.07 Å². The first-order valence-electron chi connectivity index (χ1n) is 5.41. The Kier molecular flexibility index (Phi) is 7.23. The Labute approximate surface area is 106 Å². The van der Waals surface area contributed by atoms with Gasteiger partial charge in [0.25, 0.3) is 0 Å². The summed E-state index contributed by atoms with van der Waals surface area (Å²) in [6.45, 7) is 3.41. The molecule has 0 saturated heterocycles. The van der Waals surface area contributed by atoms with Crippen LogP contribution in [0.3, 0.4) is 0 Å². The minimum atomic E-state index is -4.25. The third-order valence-corrected chi connectivity index (χ3v) is 2.29. The van der Waals surface area contributed by atoms with Gasteiger partial charge in [-0.15, -0.1) is 12.4 Å². The maximum Gasteiger partial charge on any atom is 0.416 e. The van der Waals surface area contributed by atoms with E-state index in [9.17, 15) is 13.2 Å². The van der Waals surface area contributed by atoms with Crippen molar-refractivity contribution in [3.63, 3.8) is 0 Å². The van der Waals surface area contributed by atoms with Crippen molar-refractivity contribution in [2.75, 3.05) is 6.54 Å². The molecule has 0 spiro atoms. The number of halogens is 4. The Balaban J connectivity index is 0.00000256. The molecule has 98 valence electrons. The van der Waals surface area contributed by atoms with Crippen LogP contribution in [0.2, 0.25) is 0 Å². The molecule has 17 heavy (non-hydrogen) atoms. The number of rotatable bonds is 5. The number of hydrogen-bond acceptors (Lipinski definition) is 1. The predicted molar refractivity (Wildman–Crippen MR) is 65.3 cm³/mol. The van der Waals surface area contributed by atoms with Gasteiger partial charge in [-0.05, 0) is 24.6 Å². The van der Waals surface area contributed by atoms with Crippen molar-refractivity contribution >= 4 is 12.4 Å². The van der Waals surface area contributed by atoms with E-state index in [4.69, 9.17) is 0 Å². The highest BCUT2D eigenvalue weighted by Crippen LogP contribution is 2.29. The molecule has 1 N–H and O–H groups in total. The molecule has 0 radical (unpaired) electrons. The van der Waals surface area contributed by atoms with E-state index in [0.717, 1.165) is 25.5 Å². The highest BCUT2D eigenvalue weighted by Gasteiger charge is 2.30. The lowest BCUT2D eigenvalue weighted by atomic mass is 10.1. The summed E-state index contributed by atoms with van der Waals surface area (Å²) in [5.41, 5.74) is 0.0909. The van der Waals surface area contributed by atoms with Crippen LogP contribution in [-0.4, -0.2) is 6.54 Å². The molecule has 1 aromatic carbocycles. The lowest BCUT2D eigenvalue weighted by Gasteiger charge is -2.09. The fourth-order valence-electron chi connectivity index (χ4n) is 1.39. The quantitative estimate of drug-likeness (QED) is 0.795. The van der Waals surface area contributed by atoms with E-state index < -0.39 is 11.7 Å². The predicted octanol–water partition coefficient (Wildman–Crippen LogP) is 4.02. The van der Waals surface area contributed by atoms with Crippen molar-refractivity contribution in [3.8, 4) is 0 Å². The first-order chi connectivity index (χ1) is 7.54. The number of hydrogen-bond donors (Lipinski definition) is 1. The molecule has 0 bridgehead atoms. The second kappa shape index (κ2) is 7.56. The molecule has 0 saturated carbocycles. The number of benzene rings is 1. The lowest BCUT2D eigenvalue weighted by molar-refractivity contribution is -0.137. The molecule has 0 fully saturated rings. The Hall–Kier alpha value is -0.740. The van der Waals surface area contributed by atoms with E-state index in [2.05, 4.69) is 12.2 Å². The fraction of sp³-hybridized carbons (Fsp3) is 0.500. The first-order valence-corrected chi connectivity index (χ1v) is 5.41. The van der Waals surface area contributed by atoms with Gasteiger partial charge in [-0.1, -0.05) is 31.5 Å². The van der Waals surface area contributed by atoms with Gasteiger partial charge < -0.3 is 5.32 Å². The molecule has 0 aliphatic rings. The third kappa shape index (κ3) is 5.94. The largest absolute Gasteiger partial charge is 0.416 e. The summed E-state index contributed by atoms with van der Waals surface area (Å²) in [7, 11) is 0. The molecule has 1 aromatic rings. The van der Waals surface area contributed by atoms with Crippen molar-refractivity contribution in [2.24, 2.45) is 0 Å². The zero-order valence-corrected chi connectivity index (χ0v) is 10.5. The Morgan fingerprint density at radius 2 is 1.94 bits per heavy atom. The van der Waals surface area contributed by atoms with Crippen LogP contribution >= 0.6 is 12.4 Å². The van der Waals surface area contributed by atoms with Crippen LogP contribution in [0.1, 0.15) is 30.9 Å². The van der Waals surface area contributed by atoms with E-state index in [0.29, 0.717) is 12.1 Å². The van der Waals surface area contributed by atoms with E-state index in [1.807, 2.05) is 0 Å². The smallest absolute Gasteiger partial charge is 0.313 e. The summed E-state index contributed by atoms with van der Waals surface area (Å²) in [5.74, 6) is 0. The molecular weight excluding hydrogens is 251 g/mol. The Morgan fingerprint density at radius 1 is 1.24 bits per heavy atom. The van der Waals surface area contributed by atoms with Crippen LogP contribution in [-0.2, 0) is 12.7 Å². The highest BCUT2D eigenvalue weighted by atomic mass is 35.5. The number of nitrogens with one attached hydrogen (secondary N) is 1. The minimum Gasteiger partial charge on any atom is -0.313 e. The van der Waals surface area contributed by atoms with Gasteiger partial charge in [0.15, 0.2) is 0 Å². The Bertz CT molecular complexity index is 326. The summed E-state index contributed by atoms with van der Waals surface area (Å²) in [4.78, 5) is 0. The van der Waals surface area contributed by atoms with Gasteiger partial charge in [-0.2, -0.15) is 13.2 Å². The van der Waals surface area contributed by atoms with Crippen LogP contribution in [0.25, 0.3) is 0 Å². The summed E-state index contributed by atoms with van der Waals surface area (Å²) in [6.07, 6.45) is -2.13. The van der Waals surface area contributed by atoms with Crippen LogP contribution in [0.4, 0.5) is 13.2 Å². The second-order valence-corrected chi connectivity index (χ2v) is 3.73. The summed E-state index contributed by atoms with van der Waals surface area (Å²) >= 11 is 0.